The molecule has 0 aromatic carbocycles. The SMILES string of the molecule is Cc1scc(C(=O)OCCC(C)C)c1C(=O)OCCC(C)C. The van der Waals surface area contributed by atoms with E-state index < -0.39 is 11.9 Å². The molecule has 0 saturated carbocycles. The van der Waals surface area contributed by atoms with Crippen molar-refractivity contribution in [1.29, 1.82) is 0 Å². The highest BCUT2D eigenvalue weighted by Gasteiger charge is 2.23. The molecule has 1 rings (SSSR count). The third-order valence-electron chi connectivity index (χ3n) is 3.26. The molecule has 1 aromatic rings. The Morgan fingerprint density at radius 3 is 2.00 bits per heavy atom. The van der Waals surface area contributed by atoms with Gasteiger partial charge in [0.1, 0.15) is 0 Å². The molecule has 0 bridgehead atoms. The van der Waals surface area contributed by atoms with E-state index in [0.29, 0.717) is 36.2 Å². The topological polar surface area (TPSA) is 52.6 Å². The smallest absolute Gasteiger partial charge is 0.340 e. The van der Waals surface area contributed by atoms with Gasteiger partial charge in [0.05, 0.1) is 24.3 Å². The van der Waals surface area contributed by atoms with Gasteiger partial charge in [0, 0.05) is 10.3 Å². The van der Waals surface area contributed by atoms with Crippen molar-refractivity contribution in [3.05, 3.63) is 21.4 Å². The van der Waals surface area contributed by atoms with Crippen LogP contribution in [0.4, 0.5) is 0 Å². The molecule has 0 atom stereocenters. The van der Waals surface area contributed by atoms with Gasteiger partial charge in [0.2, 0.25) is 0 Å². The first-order valence-electron chi connectivity index (χ1n) is 7.75. The lowest BCUT2D eigenvalue weighted by atomic mass is 10.1. The normalized spacial score (nSPS) is 11.0. The summed E-state index contributed by atoms with van der Waals surface area (Å²) in [6, 6.07) is 0. The monoisotopic (exact) mass is 326 g/mol. The second-order valence-corrected chi connectivity index (χ2v) is 7.30. The molecule has 0 saturated heterocycles. The minimum atomic E-state index is -0.444. The van der Waals surface area contributed by atoms with E-state index in [1.165, 1.54) is 11.3 Å². The van der Waals surface area contributed by atoms with Gasteiger partial charge >= 0.3 is 11.9 Å². The van der Waals surface area contributed by atoms with E-state index in [1.54, 1.807) is 5.38 Å². The lowest BCUT2D eigenvalue weighted by Crippen LogP contribution is -2.15. The maximum absolute atomic E-state index is 12.2. The Morgan fingerprint density at radius 2 is 1.50 bits per heavy atom. The zero-order valence-corrected chi connectivity index (χ0v) is 14.9. The number of esters is 2. The maximum atomic E-state index is 12.2. The van der Waals surface area contributed by atoms with Crippen LogP contribution in [0.3, 0.4) is 0 Å². The molecule has 0 aliphatic carbocycles. The van der Waals surface area contributed by atoms with Crippen LogP contribution in [0.5, 0.6) is 0 Å². The van der Waals surface area contributed by atoms with Crippen LogP contribution >= 0.6 is 11.3 Å². The molecule has 0 N–H and O–H groups in total. The highest BCUT2D eigenvalue weighted by Crippen LogP contribution is 2.24. The minimum Gasteiger partial charge on any atom is -0.462 e. The molecule has 5 heteroatoms. The predicted octanol–water partition coefficient (Wildman–Crippen LogP) is 4.46. The third-order valence-corrected chi connectivity index (χ3v) is 4.17. The van der Waals surface area contributed by atoms with Gasteiger partial charge in [-0.3, -0.25) is 0 Å². The summed E-state index contributed by atoms with van der Waals surface area (Å²) in [4.78, 5) is 25.1. The maximum Gasteiger partial charge on any atom is 0.340 e. The number of ether oxygens (including phenoxy) is 2. The van der Waals surface area contributed by atoms with Crippen LogP contribution in [0.15, 0.2) is 5.38 Å². The first-order valence-corrected chi connectivity index (χ1v) is 8.63. The molecule has 0 aliphatic heterocycles. The first-order chi connectivity index (χ1) is 10.3. The fourth-order valence-electron chi connectivity index (χ4n) is 1.78. The van der Waals surface area contributed by atoms with Gasteiger partial charge in [-0.25, -0.2) is 9.59 Å². The number of carbonyl (C=O) groups excluding carboxylic acids is 2. The van der Waals surface area contributed by atoms with Gasteiger partial charge in [-0.15, -0.1) is 11.3 Å². The molecule has 124 valence electrons. The van der Waals surface area contributed by atoms with Crippen LogP contribution in [0.25, 0.3) is 0 Å². The molecule has 0 radical (unpaired) electrons. The average Bonchev–Trinajstić information content (AvgIpc) is 2.79. The van der Waals surface area contributed by atoms with Crippen molar-refractivity contribution in [2.75, 3.05) is 13.2 Å². The summed E-state index contributed by atoms with van der Waals surface area (Å²) in [5.41, 5.74) is 0.670. The summed E-state index contributed by atoms with van der Waals surface area (Å²) in [6.07, 6.45) is 1.62. The van der Waals surface area contributed by atoms with E-state index in [-0.39, 0.29) is 0 Å². The van der Waals surface area contributed by atoms with Crippen LogP contribution in [0.2, 0.25) is 0 Å². The zero-order valence-electron chi connectivity index (χ0n) is 14.1. The summed E-state index contributed by atoms with van der Waals surface area (Å²) >= 11 is 1.37. The van der Waals surface area contributed by atoms with Gasteiger partial charge in [-0.1, -0.05) is 27.7 Å². The van der Waals surface area contributed by atoms with E-state index in [1.807, 2.05) is 6.92 Å². The van der Waals surface area contributed by atoms with Crippen molar-refractivity contribution in [3.8, 4) is 0 Å². The minimum absolute atomic E-state index is 0.320. The molecule has 1 heterocycles. The summed E-state index contributed by atoms with van der Waals surface area (Å²) < 4.78 is 10.5. The van der Waals surface area contributed by atoms with Gasteiger partial charge in [-0.05, 0) is 31.6 Å². The zero-order chi connectivity index (χ0) is 16.7. The highest BCUT2D eigenvalue weighted by molar-refractivity contribution is 7.10. The van der Waals surface area contributed by atoms with Crippen molar-refractivity contribution in [1.82, 2.24) is 0 Å². The highest BCUT2D eigenvalue weighted by atomic mass is 32.1. The molecule has 0 amide bonds. The fourth-order valence-corrected chi connectivity index (χ4v) is 2.60. The summed E-state index contributed by atoms with van der Waals surface area (Å²) in [5.74, 6) is 0.0605. The van der Waals surface area contributed by atoms with Crippen molar-refractivity contribution >= 4 is 23.3 Å². The van der Waals surface area contributed by atoms with Crippen molar-refractivity contribution in [2.45, 2.75) is 47.5 Å². The standard InChI is InChI=1S/C17H26O4S/c1-11(2)6-8-20-16(18)14-10-22-13(5)15(14)17(19)21-9-7-12(3)4/h10-12H,6-9H2,1-5H3. The number of carbonyl (C=O) groups is 2. The van der Waals surface area contributed by atoms with Crippen molar-refractivity contribution in [2.24, 2.45) is 11.8 Å². The van der Waals surface area contributed by atoms with Crippen LogP contribution in [-0.2, 0) is 9.47 Å². The molecular formula is C17H26O4S. The molecule has 4 nitrogen and oxygen atoms in total. The van der Waals surface area contributed by atoms with Crippen LogP contribution < -0.4 is 0 Å². The number of thiophene rings is 1. The van der Waals surface area contributed by atoms with E-state index in [9.17, 15) is 9.59 Å². The molecular weight excluding hydrogens is 300 g/mol. The molecule has 0 aliphatic rings. The van der Waals surface area contributed by atoms with E-state index in [4.69, 9.17) is 9.47 Å². The Bertz CT molecular complexity index is 503. The van der Waals surface area contributed by atoms with Gasteiger partial charge in [0.25, 0.3) is 0 Å². The van der Waals surface area contributed by atoms with Crippen LogP contribution in [0, 0.1) is 18.8 Å². The van der Waals surface area contributed by atoms with E-state index in [0.717, 1.165) is 17.7 Å². The number of hydrogen-bond donors (Lipinski definition) is 0. The van der Waals surface area contributed by atoms with E-state index >= 15 is 0 Å². The predicted molar refractivity (Wildman–Crippen MR) is 88.5 cm³/mol. The average molecular weight is 326 g/mol. The second kappa shape index (κ2) is 8.93. The Labute approximate surface area is 136 Å². The van der Waals surface area contributed by atoms with Crippen molar-refractivity contribution in [3.63, 3.8) is 0 Å². The largest absolute Gasteiger partial charge is 0.462 e. The molecule has 0 unspecified atom stereocenters. The van der Waals surface area contributed by atoms with Gasteiger partial charge < -0.3 is 9.47 Å². The molecule has 22 heavy (non-hydrogen) atoms. The summed E-state index contributed by atoms with van der Waals surface area (Å²) in [7, 11) is 0. The van der Waals surface area contributed by atoms with Gasteiger partial charge in [-0.2, -0.15) is 0 Å². The quantitative estimate of drug-likeness (QED) is 0.662. The molecule has 0 fully saturated rings. The third kappa shape index (κ3) is 5.79. The Kier molecular flexibility index (Phi) is 7.59. The van der Waals surface area contributed by atoms with E-state index in [2.05, 4.69) is 27.7 Å². The lowest BCUT2D eigenvalue weighted by Gasteiger charge is -2.09. The number of rotatable bonds is 8. The van der Waals surface area contributed by atoms with Crippen LogP contribution in [-0.4, -0.2) is 25.2 Å². The number of hydrogen-bond acceptors (Lipinski definition) is 5. The van der Waals surface area contributed by atoms with Crippen LogP contribution in [0.1, 0.15) is 66.1 Å². The Balaban J connectivity index is 2.69. The molecule has 0 spiro atoms. The first kappa shape index (κ1) is 18.7. The Hall–Kier alpha value is -1.36. The fraction of sp³-hybridized carbons (Fsp3) is 0.647. The number of aryl methyl sites for hydroxylation is 1. The summed E-state index contributed by atoms with van der Waals surface area (Å²) in [6.45, 7) is 10.8. The summed E-state index contributed by atoms with van der Waals surface area (Å²) in [5, 5.41) is 1.67. The molecule has 1 aromatic heterocycles. The second-order valence-electron chi connectivity index (χ2n) is 6.22. The van der Waals surface area contributed by atoms with Gasteiger partial charge in [0.15, 0.2) is 0 Å². The van der Waals surface area contributed by atoms with Crippen molar-refractivity contribution < 1.29 is 19.1 Å². The lowest BCUT2D eigenvalue weighted by molar-refractivity contribution is 0.0441. The Morgan fingerprint density at radius 1 is 1.00 bits per heavy atom.